The summed E-state index contributed by atoms with van der Waals surface area (Å²) in [5, 5.41) is 0. The molecule has 2 heterocycles. The molecule has 0 bridgehead atoms. The van der Waals surface area contributed by atoms with Gasteiger partial charge in [-0.25, -0.2) is 4.98 Å². The minimum atomic E-state index is 1.07. The number of aromatic nitrogens is 1. The summed E-state index contributed by atoms with van der Waals surface area (Å²) in [7, 11) is 2.16. The molecule has 0 amide bonds. The molecular weight excluding hydrogens is 198 g/mol. The van der Waals surface area contributed by atoms with Gasteiger partial charge in [-0.1, -0.05) is 12.7 Å². The zero-order valence-corrected chi connectivity index (χ0v) is 10.1. The van der Waals surface area contributed by atoms with Gasteiger partial charge in [0.1, 0.15) is 5.82 Å². The van der Waals surface area contributed by atoms with Gasteiger partial charge in [-0.05, 0) is 31.2 Å². The van der Waals surface area contributed by atoms with Crippen molar-refractivity contribution < 1.29 is 0 Å². The Bertz CT molecular complexity index is 379. The highest BCUT2D eigenvalue weighted by molar-refractivity contribution is 5.54. The second kappa shape index (κ2) is 4.66. The molecule has 3 nitrogen and oxygen atoms in total. The van der Waals surface area contributed by atoms with E-state index in [1.54, 1.807) is 0 Å². The molecule has 1 fully saturated rings. The zero-order chi connectivity index (χ0) is 11.5. The number of anilines is 1. The van der Waals surface area contributed by atoms with Crippen LogP contribution in [0.4, 0.5) is 5.82 Å². The van der Waals surface area contributed by atoms with E-state index in [1.807, 2.05) is 12.3 Å². The maximum absolute atomic E-state index is 4.50. The largest absolute Gasteiger partial charge is 0.354 e. The van der Waals surface area contributed by atoms with Crippen LogP contribution < -0.4 is 4.90 Å². The Morgan fingerprint density at radius 2 is 2.00 bits per heavy atom. The monoisotopic (exact) mass is 217 g/mol. The van der Waals surface area contributed by atoms with Crippen LogP contribution in [0.2, 0.25) is 0 Å². The standard InChI is InChI=1S/C13H19N3/c1-4-12-10-14-13(9-11(12)2)16-7-5-15(3)6-8-16/h4,9-10H,1,5-8H2,2-3H3. The van der Waals surface area contributed by atoms with Gasteiger partial charge in [0.2, 0.25) is 0 Å². The van der Waals surface area contributed by atoms with Crippen molar-refractivity contribution in [2.24, 2.45) is 0 Å². The minimum absolute atomic E-state index is 1.07. The van der Waals surface area contributed by atoms with Gasteiger partial charge >= 0.3 is 0 Å². The molecule has 3 heteroatoms. The number of likely N-dealkylation sites (N-methyl/N-ethyl adjacent to an activating group) is 1. The van der Waals surface area contributed by atoms with Crippen LogP contribution in [0, 0.1) is 6.92 Å². The molecule has 1 aromatic rings. The number of nitrogens with zero attached hydrogens (tertiary/aromatic N) is 3. The molecule has 1 saturated heterocycles. The van der Waals surface area contributed by atoms with Crippen LogP contribution in [-0.4, -0.2) is 43.1 Å². The van der Waals surface area contributed by atoms with Crippen LogP contribution in [0.25, 0.3) is 6.08 Å². The van der Waals surface area contributed by atoms with Crippen molar-refractivity contribution in [1.82, 2.24) is 9.88 Å². The molecule has 0 saturated carbocycles. The topological polar surface area (TPSA) is 19.4 Å². The number of pyridine rings is 1. The van der Waals surface area contributed by atoms with Crippen LogP contribution >= 0.6 is 0 Å². The zero-order valence-electron chi connectivity index (χ0n) is 10.1. The number of aryl methyl sites for hydroxylation is 1. The quantitative estimate of drug-likeness (QED) is 0.753. The van der Waals surface area contributed by atoms with Crippen LogP contribution in [0.3, 0.4) is 0 Å². The lowest BCUT2D eigenvalue weighted by atomic mass is 10.1. The molecule has 0 aromatic carbocycles. The molecule has 0 atom stereocenters. The van der Waals surface area contributed by atoms with Gasteiger partial charge in [0.25, 0.3) is 0 Å². The first kappa shape index (κ1) is 11.1. The SMILES string of the molecule is C=Cc1cnc(N2CCN(C)CC2)cc1C. The van der Waals surface area contributed by atoms with E-state index in [4.69, 9.17) is 0 Å². The summed E-state index contributed by atoms with van der Waals surface area (Å²) >= 11 is 0. The van der Waals surface area contributed by atoms with E-state index in [0.29, 0.717) is 0 Å². The predicted octanol–water partition coefficient (Wildman–Crippen LogP) is 1.78. The van der Waals surface area contributed by atoms with E-state index in [2.05, 4.69) is 41.4 Å². The first-order valence-corrected chi connectivity index (χ1v) is 5.73. The molecule has 0 aliphatic carbocycles. The second-order valence-corrected chi connectivity index (χ2v) is 4.39. The summed E-state index contributed by atoms with van der Waals surface area (Å²) in [6.45, 7) is 10.3. The molecule has 0 radical (unpaired) electrons. The lowest BCUT2D eigenvalue weighted by Gasteiger charge is -2.33. The summed E-state index contributed by atoms with van der Waals surface area (Å²) in [6, 6.07) is 2.16. The third-order valence-electron chi connectivity index (χ3n) is 3.18. The van der Waals surface area contributed by atoms with Gasteiger partial charge in [-0.3, -0.25) is 0 Å². The number of rotatable bonds is 2. The number of hydrogen-bond donors (Lipinski definition) is 0. The van der Waals surface area contributed by atoms with Gasteiger partial charge in [-0.2, -0.15) is 0 Å². The van der Waals surface area contributed by atoms with E-state index >= 15 is 0 Å². The van der Waals surface area contributed by atoms with E-state index < -0.39 is 0 Å². The highest BCUT2D eigenvalue weighted by atomic mass is 15.3. The first-order valence-electron chi connectivity index (χ1n) is 5.73. The van der Waals surface area contributed by atoms with Gasteiger partial charge in [0, 0.05) is 32.4 Å². The Morgan fingerprint density at radius 3 is 2.56 bits per heavy atom. The Morgan fingerprint density at radius 1 is 1.31 bits per heavy atom. The highest BCUT2D eigenvalue weighted by Crippen LogP contribution is 2.17. The fourth-order valence-electron chi connectivity index (χ4n) is 1.97. The molecular formula is C13H19N3. The minimum Gasteiger partial charge on any atom is -0.354 e. The summed E-state index contributed by atoms with van der Waals surface area (Å²) in [5.41, 5.74) is 2.37. The molecule has 1 aromatic heterocycles. The lowest BCUT2D eigenvalue weighted by molar-refractivity contribution is 0.312. The molecule has 0 N–H and O–H groups in total. The van der Waals surface area contributed by atoms with Crippen molar-refractivity contribution >= 4 is 11.9 Å². The average Bonchev–Trinajstić information content (AvgIpc) is 2.30. The predicted molar refractivity (Wildman–Crippen MR) is 68.8 cm³/mol. The average molecular weight is 217 g/mol. The van der Waals surface area contributed by atoms with E-state index in [-0.39, 0.29) is 0 Å². The van der Waals surface area contributed by atoms with E-state index in [9.17, 15) is 0 Å². The molecule has 1 aliphatic rings. The molecule has 1 aliphatic heterocycles. The molecule has 0 spiro atoms. The Kier molecular flexibility index (Phi) is 3.25. The Hall–Kier alpha value is -1.35. The molecule has 86 valence electrons. The fraction of sp³-hybridized carbons (Fsp3) is 0.462. The lowest BCUT2D eigenvalue weighted by Crippen LogP contribution is -2.44. The third kappa shape index (κ3) is 2.25. The number of piperazine rings is 1. The highest BCUT2D eigenvalue weighted by Gasteiger charge is 2.15. The van der Waals surface area contributed by atoms with Gasteiger partial charge < -0.3 is 9.80 Å². The van der Waals surface area contributed by atoms with Crippen LogP contribution in [0.5, 0.6) is 0 Å². The first-order chi connectivity index (χ1) is 7.70. The van der Waals surface area contributed by atoms with Crippen LogP contribution in [0.15, 0.2) is 18.8 Å². The summed E-state index contributed by atoms with van der Waals surface area (Å²) in [4.78, 5) is 9.19. The summed E-state index contributed by atoms with van der Waals surface area (Å²) in [5.74, 6) is 1.09. The van der Waals surface area contributed by atoms with Gasteiger partial charge in [-0.15, -0.1) is 0 Å². The molecule has 2 rings (SSSR count). The van der Waals surface area contributed by atoms with Crippen molar-refractivity contribution in [1.29, 1.82) is 0 Å². The second-order valence-electron chi connectivity index (χ2n) is 4.39. The third-order valence-corrected chi connectivity index (χ3v) is 3.18. The Labute approximate surface area is 97.4 Å². The Balaban J connectivity index is 2.15. The van der Waals surface area contributed by atoms with Crippen molar-refractivity contribution in [3.63, 3.8) is 0 Å². The van der Waals surface area contributed by atoms with Crippen molar-refractivity contribution in [3.05, 3.63) is 30.0 Å². The van der Waals surface area contributed by atoms with Gasteiger partial charge in [0.05, 0.1) is 0 Å². The molecule has 16 heavy (non-hydrogen) atoms. The molecule has 0 unspecified atom stereocenters. The van der Waals surface area contributed by atoms with Crippen molar-refractivity contribution in [3.8, 4) is 0 Å². The van der Waals surface area contributed by atoms with Crippen molar-refractivity contribution in [2.45, 2.75) is 6.92 Å². The van der Waals surface area contributed by atoms with E-state index in [1.165, 1.54) is 5.56 Å². The normalized spacial score (nSPS) is 17.5. The smallest absolute Gasteiger partial charge is 0.128 e. The van der Waals surface area contributed by atoms with Crippen LogP contribution in [-0.2, 0) is 0 Å². The summed E-state index contributed by atoms with van der Waals surface area (Å²) in [6.07, 6.45) is 3.77. The van der Waals surface area contributed by atoms with Gasteiger partial charge in [0.15, 0.2) is 0 Å². The van der Waals surface area contributed by atoms with E-state index in [0.717, 1.165) is 37.6 Å². The summed E-state index contributed by atoms with van der Waals surface area (Å²) < 4.78 is 0. The maximum atomic E-state index is 4.50. The van der Waals surface area contributed by atoms with Crippen molar-refractivity contribution in [2.75, 3.05) is 38.1 Å². The van der Waals surface area contributed by atoms with Crippen LogP contribution in [0.1, 0.15) is 11.1 Å². The number of hydrogen-bond acceptors (Lipinski definition) is 3. The fourth-order valence-corrected chi connectivity index (χ4v) is 1.97. The maximum Gasteiger partial charge on any atom is 0.128 e.